The fourth-order valence-corrected chi connectivity index (χ4v) is 3.71. The zero-order valence-electron chi connectivity index (χ0n) is 14.0. The molecule has 0 spiro atoms. The molecule has 1 atom stereocenters. The van der Waals surface area contributed by atoms with Gasteiger partial charge < -0.3 is 10.6 Å². The monoisotopic (exact) mass is 366 g/mol. The molecule has 24 heavy (non-hydrogen) atoms. The van der Waals surface area contributed by atoms with Crippen LogP contribution in [0.2, 0.25) is 0 Å². The minimum Gasteiger partial charge on any atom is -0.316 e. The fourth-order valence-electron chi connectivity index (χ4n) is 2.97. The summed E-state index contributed by atoms with van der Waals surface area (Å²) in [7, 11) is 0. The molecule has 3 rings (SSSR count). The second kappa shape index (κ2) is 8.55. The lowest BCUT2D eigenvalue weighted by molar-refractivity contribution is -0.116. The summed E-state index contributed by atoms with van der Waals surface area (Å²) in [5.41, 5.74) is 3.45. The van der Waals surface area contributed by atoms with E-state index in [9.17, 15) is 4.79 Å². The van der Waals surface area contributed by atoms with Gasteiger partial charge in [0.05, 0.1) is 0 Å². The van der Waals surface area contributed by atoms with Crippen LogP contribution in [-0.4, -0.2) is 29.2 Å². The Kier molecular flexibility index (Phi) is 6.71. The first-order valence-corrected chi connectivity index (χ1v) is 8.84. The maximum absolute atomic E-state index is 12.0. The standard InChI is InChI=1S/C17H22N4OS.ClH/c1-11-7-12(2)9-14(8-11)16-20-21-17(23-16)19-15(22)4-3-13-5-6-18-10-13;/h7-9,13,18H,3-6,10H2,1-2H3,(H,19,21,22);1H. The molecule has 1 amide bonds. The van der Waals surface area contributed by atoms with Crippen molar-refractivity contribution in [2.24, 2.45) is 5.92 Å². The summed E-state index contributed by atoms with van der Waals surface area (Å²) < 4.78 is 0. The molecule has 2 heterocycles. The summed E-state index contributed by atoms with van der Waals surface area (Å²) in [4.78, 5) is 12.0. The van der Waals surface area contributed by atoms with Crippen molar-refractivity contribution in [3.63, 3.8) is 0 Å². The quantitative estimate of drug-likeness (QED) is 0.848. The number of aromatic nitrogens is 2. The van der Waals surface area contributed by atoms with Gasteiger partial charge >= 0.3 is 0 Å². The van der Waals surface area contributed by atoms with E-state index in [2.05, 4.69) is 52.9 Å². The third-order valence-corrected chi connectivity index (χ3v) is 4.97. The van der Waals surface area contributed by atoms with E-state index < -0.39 is 0 Å². The molecule has 130 valence electrons. The van der Waals surface area contributed by atoms with Crippen LogP contribution in [0.3, 0.4) is 0 Å². The predicted octanol–water partition coefficient (Wildman–Crippen LogP) is 3.57. The molecule has 0 saturated carbocycles. The maximum Gasteiger partial charge on any atom is 0.226 e. The first-order valence-electron chi connectivity index (χ1n) is 8.03. The van der Waals surface area contributed by atoms with Gasteiger partial charge in [0.2, 0.25) is 11.0 Å². The minimum atomic E-state index is 0. The van der Waals surface area contributed by atoms with Gasteiger partial charge in [-0.05, 0) is 57.8 Å². The Bertz CT molecular complexity index is 677. The molecule has 7 heteroatoms. The number of aryl methyl sites for hydroxylation is 2. The molecule has 1 saturated heterocycles. The highest BCUT2D eigenvalue weighted by atomic mass is 35.5. The van der Waals surface area contributed by atoms with Crippen LogP contribution in [0.15, 0.2) is 18.2 Å². The lowest BCUT2D eigenvalue weighted by Gasteiger charge is -2.06. The van der Waals surface area contributed by atoms with Gasteiger partial charge in [-0.3, -0.25) is 4.79 Å². The van der Waals surface area contributed by atoms with Crippen molar-refractivity contribution in [1.29, 1.82) is 0 Å². The van der Waals surface area contributed by atoms with Gasteiger partial charge in [-0.2, -0.15) is 0 Å². The van der Waals surface area contributed by atoms with Crippen LogP contribution >= 0.6 is 23.7 Å². The number of hydrogen-bond donors (Lipinski definition) is 2. The molecule has 1 aliphatic heterocycles. The van der Waals surface area contributed by atoms with Gasteiger partial charge in [-0.15, -0.1) is 22.6 Å². The second-order valence-electron chi connectivity index (χ2n) is 6.23. The van der Waals surface area contributed by atoms with Crippen LogP contribution in [-0.2, 0) is 4.79 Å². The molecule has 1 aromatic carbocycles. The average Bonchev–Trinajstić information content (AvgIpc) is 3.15. The van der Waals surface area contributed by atoms with Gasteiger partial charge in [0.25, 0.3) is 0 Å². The smallest absolute Gasteiger partial charge is 0.226 e. The maximum atomic E-state index is 12.0. The van der Waals surface area contributed by atoms with Crippen LogP contribution in [0.5, 0.6) is 0 Å². The van der Waals surface area contributed by atoms with Crippen molar-refractivity contribution < 1.29 is 4.79 Å². The summed E-state index contributed by atoms with van der Waals surface area (Å²) >= 11 is 1.42. The molecule has 1 aliphatic rings. The molecule has 5 nitrogen and oxygen atoms in total. The zero-order valence-corrected chi connectivity index (χ0v) is 15.6. The van der Waals surface area contributed by atoms with Crippen LogP contribution in [0, 0.1) is 19.8 Å². The van der Waals surface area contributed by atoms with Crippen LogP contribution < -0.4 is 10.6 Å². The molecule has 0 bridgehead atoms. The largest absolute Gasteiger partial charge is 0.316 e. The number of amides is 1. The first kappa shape index (κ1) is 18.8. The Labute approximate surface area is 152 Å². The normalized spacial score (nSPS) is 16.7. The lowest BCUT2D eigenvalue weighted by atomic mass is 10.0. The van der Waals surface area contributed by atoms with E-state index >= 15 is 0 Å². The van der Waals surface area contributed by atoms with Crippen molar-refractivity contribution in [3.8, 4) is 10.6 Å². The van der Waals surface area contributed by atoms with Crippen molar-refractivity contribution in [2.75, 3.05) is 18.4 Å². The number of carbonyl (C=O) groups is 1. The highest BCUT2D eigenvalue weighted by Crippen LogP contribution is 2.28. The number of carbonyl (C=O) groups excluding carboxylic acids is 1. The van der Waals surface area contributed by atoms with E-state index in [0.717, 1.165) is 30.1 Å². The van der Waals surface area contributed by atoms with Gasteiger partial charge in [0.15, 0.2) is 0 Å². The molecule has 0 radical (unpaired) electrons. The second-order valence-corrected chi connectivity index (χ2v) is 7.21. The predicted molar refractivity (Wildman–Crippen MR) is 101 cm³/mol. The molecule has 2 aromatic rings. The van der Waals surface area contributed by atoms with E-state index in [4.69, 9.17) is 0 Å². The summed E-state index contributed by atoms with van der Waals surface area (Å²) in [6.07, 6.45) is 2.65. The first-order chi connectivity index (χ1) is 11.1. The van der Waals surface area contributed by atoms with Crippen molar-refractivity contribution in [2.45, 2.75) is 33.1 Å². The molecular formula is C17H23ClN4OS. The number of rotatable bonds is 5. The number of hydrogen-bond acceptors (Lipinski definition) is 5. The SMILES string of the molecule is Cc1cc(C)cc(-c2nnc(NC(=O)CCC3CCNC3)s2)c1.Cl. The Hall–Kier alpha value is -1.50. The van der Waals surface area contributed by atoms with E-state index in [1.54, 1.807) is 0 Å². The minimum absolute atomic E-state index is 0. The Balaban J connectivity index is 0.00000208. The van der Waals surface area contributed by atoms with Gasteiger partial charge in [0.1, 0.15) is 5.01 Å². The van der Waals surface area contributed by atoms with Crippen molar-refractivity contribution in [3.05, 3.63) is 29.3 Å². The summed E-state index contributed by atoms with van der Waals surface area (Å²) in [5.74, 6) is 0.654. The van der Waals surface area contributed by atoms with E-state index in [1.807, 2.05) is 0 Å². The third kappa shape index (κ3) is 5.00. The molecule has 2 N–H and O–H groups in total. The highest BCUT2D eigenvalue weighted by Gasteiger charge is 2.16. The zero-order chi connectivity index (χ0) is 16.2. The fraction of sp³-hybridized carbons (Fsp3) is 0.471. The van der Waals surface area contributed by atoms with Crippen molar-refractivity contribution in [1.82, 2.24) is 15.5 Å². The van der Waals surface area contributed by atoms with E-state index in [-0.39, 0.29) is 18.3 Å². The van der Waals surface area contributed by atoms with E-state index in [1.165, 1.54) is 28.9 Å². The number of nitrogens with one attached hydrogen (secondary N) is 2. The summed E-state index contributed by atoms with van der Waals surface area (Å²) in [6.45, 7) is 6.24. The number of nitrogens with zero attached hydrogens (tertiary/aromatic N) is 2. The lowest BCUT2D eigenvalue weighted by Crippen LogP contribution is -2.14. The number of halogens is 1. The average molecular weight is 367 g/mol. The van der Waals surface area contributed by atoms with E-state index in [0.29, 0.717) is 17.5 Å². The topological polar surface area (TPSA) is 66.9 Å². The van der Waals surface area contributed by atoms with Gasteiger partial charge in [-0.1, -0.05) is 28.5 Å². The van der Waals surface area contributed by atoms with Crippen molar-refractivity contribution >= 4 is 34.8 Å². The molecule has 0 aliphatic carbocycles. The molecular weight excluding hydrogens is 344 g/mol. The Morgan fingerprint density at radius 1 is 1.29 bits per heavy atom. The van der Waals surface area contributed by atoms with Crippen LogP contribution in [0.4, 0.5) is 5.13 Å². The van der Waals surface area contributed by atoms with Gasteiger partial charge in [0, 0.05) is 12.0 Å². The Morgan fingerprint density at radius 3 is 2.71 bits per heavy atom. The Morgan fingerprint density at radius 2 is 2.04 bits per heavy atom. The van der Waals surface area contributed by atoms with Crippen LogP contribution in [0.1, 0.15) is 30.4 Å². The highest BCUT2D eigenvalue weighted by molar-refractivity contribution is 7.18. The molecule has 1 unspecified atom stereocenters. The number of anilines is 1. The third-order valence-electron chi connectivity index (χ3n) is 4.08. The van der Waals surface area contributed by atoms with Gasteiger partial charge in [-0.25, -0.2) is 0 Å². The van der Waals surface area contributed by atoms with Crippen LogP contribution in [0.25, 0.3) is 10.6 Å². The summed E-state index contributed by atoms with van der Waals surface area (Å²) in [6, 6.07) is 6.31. The number of benzene rings is 1. The molecule has 1 fully saturated rings. The molecule has 1 aromatic heterocycles. The summed E-state index contributed by atoms with van der Waals surface area (Å²) in [5, 5.41) is 15.9.